The maximum atomic E-state index is 12.6. The molecule has 2 aromatic rings. The van der Waals surface area contributed by atoms with E-state index in [1.165, 1.54) is 24.0 Å². The lowest BCUT2D eigenvalue weighted by atomic mass is 10.1. The number of carbonyl (C=O) groups excluding carboxylic acids is 1. The third-order valence-electron chi connectivity index (χ3n) is 4.96. The fourth-order valence-electron chi connectivity index (χ4n) is 2.77. The Bertz CT molecular complexity index is 1140. The van der Waals surface area contributed by atoms with Gasteiger partial charge in [0, 0.05) is 29.9 Å². The van der Waals surface area contributed by atoms with Gasteiger partial charge in [0.25, 0.3) is 7.37 Å². The summed E-state index contributed by atoms with van der Waals surface area (Å²) in [7, 11) is -5.77. The van der Waals surface area contributed by atoms with Crippen molar-refractivity contribution >= 4 is 32.7 Å². The predicted molar refractivity (Wildman–Crippen MR) is 136 cm³/mol. The Kier molecular flexibility index (Phi) is 9.52. The third kappa shape index (κ3) is 7.63. The van der Waals surface area contributed by atoms with Crippen molar-refractivity contribution < 1.29 is 28.1 Å². The van der Waals surface area contributed by atoms with Gasteiger partial charge in [-0.05, 0) is 42.0 Å². The largest absolute Gasteiger partial charge is 0.504 e. The van der Waals surface area contributed by atoms with Gasteiger partial charge >= 0.3 is 0 Å². The summed E-state index contributed by atoms with van der Waals surface area (Å²) < 4.78 is 36.1. The molecule has 0 saturated carbocycles. The average molecular weight is 488 g/mol. The molecule has 8 heteroatoms. The summed E-state index contributed by atoms with van der Waals surface area (Å²) in [4.78, 5) is 12.3. The quantitative estimate of drug-likeness (QED) is 0.251. The van der Waals surface area contributed by atoms with Gasteiger partial charge < -0.3 is 14.2 Å². The van der Waals surface area contributed by atoms with E-state index in [2.05, 4.69) is 6.58 Å². The van der Waals surface area contributed by atoms with Crippen molar-refractivity contribution in [1.82, 2.24) is 0 Å². The lowest BCUT2D eigenvalue weighted by Crippen LogP contribution is -1.98. The molecule has 0 heterocycles. The highest BCUT2D eigenvalue weighted by Crippen LogP contribution is 2.49. The first-order valence-corrected chi connectivity index (χ1v) is 14.6. The topological polar surface area (TPSA) is 89.9 Å². The number of carbonyl (C=O) groups is 1. The fraction of sp³-hybridized carbons (Fsp3) is 0.240. The number of benzene rings is 2. The summed E-state index contributed by atoms with van der Waals surface area (Å²) in [6, 6.07) is 11.7. The van der Waals surface area contributed by atoms with Crippen LogP contribution in [0.2, 0.25) is 0 Å². The van der Waals surface area contributed by atoms with Crippen molar-refractivity contribution in [1.29, 1.82) is 0 Å². The molecule has 0 amide bonds. The van der Waals surface area contributed by atoms with E-state index in [-0.39, 0.29) is 17.3 Å². The first-order chi connectivity index (χ1) is 15.7. The zero-order valence-corrected chi connectivity index (χ0v) is 20.9. The Hall–Kier alpha value is -2.81. The Balaban J connectivity index is 2.12. The highest BCUT2D eigenvalue weighted by molar-refractivity contribution is 7.62. The molecule has 0 saturated heterocycles. The Labute approximate surface area is 195 Å². The smallest absolute Gasteiger partial charge is 0.269 e. The lowest BCUT2D eigenvalue weighted by molar-refractivity contribution is -0.110. The van der Waals surface area contributed by atoms with Crippen LogP contribution in [0, 0.1) is 0 Å². The summed E-state index contributed by atoms with van der Waals surface area (Å²) in [5.41, 5.74) is 1.08. The van der Waals surface area contributed by atoms with Crippen LogP contribution in [-0.2, 0) is 13.9 Å². The fourth-order valence-corrected chi connectivity index (χ4v) is 4.91. The van der Waals surface area contributed by atoms with Crippen molar-refractivity contribution in [3.05, 3.63) is 78.1 Å². The zero-order valence-electron chi connectivity index (χ0n) is 19.1. The summed E-state index contributed by atoms with van der Waals surface area (Å²) in [5, 5.41) is 10.5. The lowest BCUT2D eigenvalue weighted by Gasteiger charge is -2.17. The minimum atomic E-state index is -2.92. The SMILES string of the molecule is C=CP(=O)(CC)Oc1cccc(/C=C/C(=O)/C=C/c2cccc(OP(=O)(CC)CC)c2O)c1. The van der Waals surface area contributed by atoms with Crippen LogP contribution in [-0.4, -0.2) is 29.4 Å². The number of phenolic OH excluding ortho intramolecular Hbond substituents is 1. The summed E-state index contributed by atoms with van der Waals surface area (Å²) >= 11 is 0. The number of para-hydroxylation sites is 1. The maximum absolute atomic E-state index is 12.6. The maximum Gasteiger partial charge on any atom is 0.269 e. The minimum absolute atomic E-state index is 0.132. The van der Waals surface area contributed by atoms with Crippen LogP contribution in [0.3, 0.4) is 0 Å². The Morgan fingerprint density at radius 3 is 2.27 bits per heavy atom. The first kappa shape index (κ1) is 26.4. The van der Waals surface area contributed by atoms with Gasteiger partial charge in [0.2, 0.25) is 7.37 Å². The summed E-state index contributed by atoms with van der Waals surface area (Å²) in [6.45, 7) is 8.89. The van der Waals surface area contributed by atoms with Gasteiger partial charge in [0.05, 0.1) is 0 Å². The van der Waals surface area contributed by atoms with E-state index in [0.29, 0.717) is 35.4 Å². The van der Waals surface area contributed by atoms with E-state index >= 15 is 0 Å². The van der Waals surface area contributed by atoms with Gasteiger partial charge in [-0.3, -0.25) is 13.9 Å². The van der Waals surface area contributed by atoms with Crippen molar-refractivity contribution in [3.63, 3.8) is 0 Å². The van der Waals surface area contributed by atoms with Crippen LogP contribution < -0.4 is 9.05 Å². The molecule has 1 unspecified atom stereocenters. The molecular formula is C25H30O6P2. The number of allylic oxidation sites excluding steroid dienone is 2. The van der Waals surface area contributed by atoms with Crippen LogP contribution in [0.1, 0.15) is 31.9 Å². The highest BCUT2D eigenvalue weighted by Gasteiger charge is 2.21. The molecule has 0 fully saturated rings. The zero-order chi connectivity index (χ0) is 24.5. The van der Waals surface area contributed by atoms with Gasteiger partial charge in [-0.15, -0.1) is 0 Å². The molecule has 0 aliphatic heterocycles. The van der Waals surface area contributed by atoms with Crippen molar-refractivity contribution in [3.8, 4) is 17.2 Å². The van der Waals surface area contributed by atoms with Crippen LogP contribution in [0.15, 0.2) is 67.0 Å². The number of rotatable bonds is 12. The number of hydrogen-bond acceptors (Lipinski definition) is 6. The van der Waals surface area contributed by atoms with Crippen LogP contribution in [0.5, 0.6) is 17.2 Å². The Morgan fingerprint density at radius 2 is 1.64 bits per heavy atom. The van der Waals surface area contributed by atoms with E-state index in [0.717, 1.165) is 0 Å². The molecule has 1 N–H and O–H groups in total. The van der Waals surface area contributed by atoms with Gasteiger partial charge in [0.1, 0.15) is 5.75 Å². The molecule has 0 radical (unpaired) electrons. The molecule has 0 bridgehead atoms. The standard InChI is InChI=1S/C25H30O6P2/c1-5-32(28,6-2)30-23-13-9-11-20(19-23)15-17-22(26)18-16-21-12-10-14-24(25(21)27)31-33(29,7-3)8-4/h5,9-19,27H,1,6-8H2,2-4H3/b17-15+,18-16+. The monoisotopic (exact) mass is 488 g/mol. The molecule has 176 valence electrons. The van der Waals surface area contributed by atoms with Crippen molar-refractivity contribution in [2.45, 2.75) is 20.8 Å². The van der Waals surface area contributed by atoms with Gasteiger partial charge in [-0.1, -0.05) is 57.7 Å². The summed E-state index contributed by atoms with van der Waals surface area (Å²) in [5.74, 6) is 1.43. The molecule has 0 spiro atoms. The number of aromatic hydroxyl groups is 1. The van der Waals surface area contributed by atoms with E-state index in [4.69, 9.17) is 9.05 Å². The number of hydrogen-bond donors (Lipinski definition) is 1. The normalized spacial score (nSPS) is 13.7. The van der Waals surface area contributed by atoms with Crippen LogP contribution in [0.25, 0.3) is 12.2 Å². The van der Waals surface area contributed by atoms with Crippen LogP contribution >= 0.6 is 14.7 Å². The molecule has 0 aliphatic carbocycles. The first-order valence-electron chi connectivity index (χ1n) is 10.7. The van der Waals surface area contributed by atoms with E-state index < -0.39 is 14.7 Å². The Morgan fingerprint density at radius 1 is 0.970 bits per heavy atom. The molecule has 0 aliphatic rings. The highest BCUT2D eigenvalue weighted by atomic mass is 31.2. The number of ketones is 1. The van der Waals surface area contributed by atoms with Gasteiger partial charge in [-0.25, -0.2) is 0 Å². The van der Waals surface area contributed by atoms with Gasteiger partial charge in [0.15, 0.2) is 17.3 Å². The molecule has 6 nitrogen and oxygen atoms in total. The van der Waals surface area contributed by atoms with Crippen LogP contribution in [0.4, 0.5) is 0 Å². The minimum Gasteiger partial charge on any atom is -0.504 e. The van der Waals surface area contributed by atoms with E-state index in [1.807, 2.05) is 0 Å². The molecule has 2 aromatic carbocycles. The second-order valence-electron chi connectivity index (χ2n) is 7.19. The second kappa shape index (κ2) is 11.9. The summed E-state index contributed by atoms with van der Waals surface area (Å²) in [6.07, 6.45) is 6.85. The third-order valence-corrected chi connectivity index (χ3v) is 9.38. The average Bonchev–Trinajstić information content (AvgIpc) is 2.83. The molecular weight excluding hydrogens is 458 g/mol. The predicted octanol–water partition coefficient (Wildman–Crippen LogP) is 7.20. The molecule has 2 rings (SSSR count). The van der Waals surface area contributed by atoms with Gasteiger partial charge in [-0.2, -0.15) is 0 Å². The second-order valence-corrected chi connectivity index (χ2v) is 12.9. The number of phenols is 1. The van der Waals surface area contributed by atoms with E-state index in [1.54, 1.807) is 69.3 Å². The van der Waals surface area contributed by atoms with E-state index in [9.17, 15) is 19.0 Å². The molecule has 33 heavy (non-hydrogen) atoms. The van der Waals surface area contributed by atoms with Crippen molar-refractivity contribution in [2.75, 3.05) is 18.5 Å². The molecule has 0 aromatic heterocycles. The molecule has 1 atom stereocenters. The van der Waals surface area contributed by atoms with Crippen molar-refractivity contribution in [2.24, 2.45) is 0 Å².